The van der Waals surface area contributed by atoms with Crippen molar-refractivity contribution < 1.29 is 9.50 Å². The molecule has 0 aliphatic rings. The minimum absolute atomic E-state index is 0.439. The molecule has 3 nitrogen and oxygen atoms in total. The maximum Gasteiger partial charge on any atom is 0.141 e. The first kappa shape index (κ1) is 10.7. The molecule has 0 bridgehead atoms. The van der Waals surface area contributed by atoms with E-state index in [2.05, 4.69) is 9.97 Å². The Bertz CT molecular complexity index is 502. The second-order valence-electron chi connectivity index (χ2n) is 3.57. The topological polar surface area (TPSA) is 46.0 Å². The van der Waals surface area contributed by atoms with Crippen molar-refractivity contribution in [1.82, 2.24) is 9.97 Å². The molecule has 0 fully saturated rings. The van der Waals surface area contributed by atoms with Crippen LogP contribution in [0.4, 0.5) is 4.39 Å². The number of aryl methyl sites for hydroxylation is 1. The summed E-state index contributed by atoms with van der Waals surface area (Å²) in [4.78, 5) is 7.65. The fraction of sp³-hybridized carbons (Fsp3) is 0.167. The van der Waals surface area contributed by atoms with Crippen molar-refractivity contribution in [3.05, 3.63) is 59.4 Å². The van der Waals surface area contributed by atoms with Crippen LogP contribution in [0.3, 0.4) is 0 Å². The molecule has 0 saturated heterocycles. The van der Waals surface area contributed by atoms with E-state index < -0.39 is 11.9 Å². The maximum atomic E-state index is 13.0. The van der Waals surface area contributed by atoms with E-state index in [4.69, 9.17) is 0 Å². The minimum Gasteiger partial charge on any atom is -0.384 e. The number of aliphatic hydroxyl groups excluding tert-OH is 1. The quantitative estimate of drug-likeness (QED) is 0.838. The van der Waals surface area contributed by atoms with Crippen molar-refractivity contribution in [3.63, 3.8) is 0 Å². The standard InChI is InChI=1S/C12H11FN2O/c1-8-5-14-3-2-11(8)12(16)9-4-10(13)7-15-6-9/h2-7,12,16H,1H3. The summed E-state index contributed by atoms with van der Waals surface area (Å²) in [5.41, 5.74) is 2.01. The number of rotatable bonds is 2. The number of pyridine rings is 2. The summed E-state index contributed by atoms with van der Waals surface area (Å²) in [6.45, 7) is 1.85. The van der Waals surface area contributed by atoms with E-state index in [1.807, 2.05) is 6.92 Å². The van der Waals surface area contributed by atoms with Crippen LogP contribution in [0, 0.1) is 12.7 Å². The molecule has 2 aromatic heterocycles. The van der Waals surface area contributed by atoms with Crippen molar-refractivity contribution in [2.45, 2.75) is 13.0 Å². The zero-order valence-electron chi connectivity index (χ0n) is 8.76. The first-order chi connectivity index (χ1) is 7.68. The third kappa shape index (κ3) is 2.06. The third-order valence-electron chi connectivity index (χ3n) is 2.40. The number of aliphatic hydroxyl groups is 1. The van der Waals surface area contributed by atoms with Gasteiger partial charge in [-0.05, 0) is 30.2 Å². The predicted molar refractivity (Wildman–Crippen MR) is 57.2 cm³/mol. The largest absolute Gasteiger partial charge is 0.384 e. The summed E-state index contributed by atoms with van der Waals surface area (Å²) in [5, 5.41) is 10.1. The van der Waals surface area contributed by atoms with Crippen LogP contribution < -0.4 is 0 Å². The number of nitrogens with zero attached hydrogens (tertiary/aromatic N) is 2. The van der Waals surface area contributed by atoms with Gasteiger partial charge in [-0.3, -0.25) is 9.97 Å². The average molecular weight is 218 g/mol. The van der Waals surface area contributed by atoms with E-state index in [1.54, 1.807) is 18.5 Å². The molecular formula is C12H11FN2O. The molecule has 0 spiro atoms. The highest BCUT2D eigenvalue weighted by molar-refractivity contribution is 5.31. The Morgan fingerprint density at radius 3 is 2.75 bits per heavy atom. The number of hydrogen-bond donors (Lipinski definition) is 1. The Morgan fingerprint density at radius 1 is 1.25 bits per heavy atom. The molecule has 0 amide bonds. The van der Waals surface area contributed by atoms with Gasteiger partial charge in [0.2, 0.25) is 0 Å². The molecule has 1 N–H and O–H groups in total. The van der Waals surface area contributed by atoms with Gasteiger partial charge in [-0.15, -0.1) is 0 Å². The Hall–Kier alpha value is -1.81. The monoisotopic (exact) mass is 218 g/mol. The lowest BCUT2D eigenvalue weighted by atomic mass is 10.0. The molecular weight excluding hydrogens is 207 g/mol. The first-order valence-corrected chi connectivity index (χ1v) is 4.87. The molecule has 1 atom stereocenters. The van der Waals surface area contributed by atoms with Crippen LogP contribution in [0.25, 0.3) is 0 Å². The van der Waals surface area contributed by atoms with Gasteiger partial charge in [-0.25, -0.2) is 4.39 Å². The van der Waals surface area contributed by atoms with Gasteiger partial charge >= 0.3 is 0 Å². The lowest BCUT2D eigenvalue weighted by molar-refractivity contribution is 0.218. The highest BCUT2D eigenvalue weighted by Crippen LogP contribution is 2.23. The predicted octanol–water partition coefficient (Wildman–Crippen LogP) is 2.01. The summed E-state index contributed by atoms with van der Waals surface area (Å²) in [7, 11) is 0. The van der Waals surface area contributed by atoms with E-state index >= 15 is 0 Å². The van der Waals surface area contributed by atoms with Crippen molar-refractivity contribution in [2.75, 3.05) is 0 Å². The molecule has 2 aromatic rings. The molecule has 0 radical (unpaired) electrons. The van der Waals surface area contributed by atoms with Gasteiger partial charge in [0.15, 0.2) is 0 Å². The molecule has 16 heavy (non-hydrogen) atoms. The van der Waals surface area contributed by atoms with E-state index in [-0.39, 0.29) is 0 Å². The molecule has 0 aromatic carbocycles. The summed E-state index contributed by atoms with van der Waals surface area (Å²) in [5.74, 6) is -0.455. The van der Waals surface area contributed by atoms with Crippen LogP contribution in [0.5, 0.6) is 0 Å². The SMILES string of the molecule is Cc1cnccc1C(O)c1cncc(F)c1. The van der Waals surface area contributed by atoms with Gasteiger partial charge in [-0.1, -0.05) is 0 Å². The molecule has 2 heterocycles. The Balaban J connectivity index is 2.39. The zero-order valence-corrected chi connectivity index (χ0v) is 8.76. The molecule has 1 unspecified atom stereocenters. The second kappa shape index (κ2) is 4.37. The normalized spacial score (nSPS) is 12.4. The van der Waals surface area contributed by atoms with Crippen LogP contribution >= 0.6 is 0 Å². The number of aromatic nitrogens is 2. The number of halogens is 1. The van der Waals surface area contributed by atoms with Crippen molar-refractivity contribution in [2.24, 2.45) is 0 Å². The molecule has 82 valence electrons. The van der Waals surface area contributed by atoms with Gasteiger partial charge in [-0.2, -0.15) is 0 Å². The Kier molecular flexibility index (Phi) is 2.92. The van der Waals surface area contributed by atoms with E-state index in [1.165, 1.54) is 12.3 Å². The maximum absolute atomic E-state index is 13.0. The van der Waals surface area contributed by atoms with Gasteiger partial charge < -0.3 is 5.11 Å². The average Bonchev–Trinajstić information content (AvgIpc) is 2.29. The van der Waals surface area contributed by atoms with Crippen molar-refractivity contribution in [3.8, 4) is 0 Å². The lowest BCUT2D eigenvalue weighted by Crippen LogP contribution is -2.03. The molecule has 0 aliphatic heterocycles. The summed E-state index contributed by atoms with van der Waals surface area (Å²) in [6, 6.07) is 2.99. The molecule has 0 saturated carbocycles. The van der Waals surface area contributed by atoms with Crippen LogP contribution in [0.15, 0.2) is 36.9 Å². The molecule has 4 heteroatoms. The fourth-order valence-corrected chi connectivity index (χ4v) is 1.55. The van der Waals surface area contributed by atoms with Gasteiger partial charge in [0.25, 0.3) is 0 Å². The van der Waals surface area contributed by atoms with Gasteiger partial charge in [0.05, 0.1) is 6.20 Å². The Morgan fingerprint density at radius 2 is 2.06 bits per heavy atom. The lowest BCUT2D eigenvalue weighted by Gasteiger charge is -2.13. The molecule has 0 aliphatic carbocycles. The fourth-order valence-electron chi connectivity index (χ4n) is 1.55. The highest BCUT2D eigenvalue weighted by atomic mass is 19.1. The van der Waals surface area contributed by atoms with E-state index in [0.717, 1.165) is 11.8 Å². The van der Waals surface area contributed by atoms with Gasteiger partial charge in [0, 0.05) is 24.2 Å². The zero-order chi connectivity index (χ0) is 11.5. The van der Waals surface area contributed by atoms with Crippen LogP contribution in [-0.2, 0) is 0 Å². The Labute approximate surface area is 92.6 Å². The smallest absolute Gasteiger partial charge is 0.141 e. The second-order valence-corrected chi connectivity index (χ2v) is 3.57. The highest BCUT2D eigenvalue weighted by Gasteiger charge is 2.13. The van der Waals surface area contributed by atoms with E-state index in [0.29, 0.717) is 11.1 Å². The van der Waals surface area contributed by atoms with Gasteiger partial charge in [0.1, 0.15) is 11.9 Å². The van der Waals surface area contributed by atoms with Crippen LogP contribution in [0.2, 0.25) is 0 Å². The van der Waals surface area contributed by atoms with Crippen molar-refractivity contribution >= 4 is 0 Å². The molecule has 2 rings (SSSR count). The number of hydrogen-bond acceptors (Lipinski definition) is 3. The minimum atomic E-state index is -0.869. The van der Waals surface area contributed by atoms with E-state index in [9.17, 15) is 9.50 Å². The van der Waals surface area contributed by atoms with Crippen molar-refractivity contribution in [1.29, 1.82) is 0 Å². The third-order valence-corrected chi connectivity index (χ3v) is 2.40. The van der Waals surface area contributed by atoms with Crippen LogP contribution in [0.1, 0.15) is 22.8 Å². The summed E-state index contributed by atoms with van der Waals surface area (Å²) >= 11 is 0. The first-order valence-electron chi connectivity index (χ1n) is 4.87. The summed E-state index contributed by atoms with van der Waals surface area (Å²) < 4.78 is 13.0. The summed E-state index contributed by atoms with van der Waals surface area (Å²) in [6.07, 6.45) is 4.94. The van der Waals surface area contributed by atoms with Crippen LogP contribution in [-0.4, -0.2) is 15.1 Å².